The monoisotopic (exact) mass is 384 g/mol. The van der Waals surface area contributed by atoms with Gasteiger partial charge in [-0.25, -0.2) is 4.79 Å². The lowest BCUT2D eigenvalue weighted by atomic mass is 9.57. The Morgan fingerprint density at radius 2 is 1.52 bits per heavy atom. The summed E-state index contributed by atoms with van der Waals surface area (Å²) in [6.07, 6.45) is 6.79. The number of hydrogen-bond acceptors (Lipinski definition) is 6. The number of nitrogens with zero attached hydrogens (tertiary/aromatic N) is 4. The molecule has 0 radical (unpaired) electrons. The van der Waals surface area contributed by atoms with Crippen molar-refractivity contribution >= 4 is 17.4 Å². The Bertz CT molecular complexity index is 1080. The fourth-order valence-corrected chi connectivity index (χ4v) is 6.10. The molecule has 2 saturated carbocycles. The number of carbonyl (C=O) groups is 1. The number of methoxy groups -OCH3 is 1. The van der Waals surface area contributed by atoms with Crippen molar-refractivity contribution in [2.45, 2.75) is 6.42 Å². The van der Waals surface area contributed by atoms with Crippen LogP contribution in [-0.2, 0) is 9.53 Å². The summed E-state index contributed by atoms with van der Waals surface area (Å²) in [6.45, 7) is 0. The number of esters is 1. The van der Waals surface area contributed by atoms with E-state index in [1.54, 1.807) is 12.4 Å². The summed E-state index contributed by atoms with van der Waals surface area (Å²) >= 11 is 0. The molecule has 2 aromatic heterocycles. The van der Waals surface area contributed by atoms with Gasteiger partial charge in [-0.15, -0.1) is 0 Å². The second-order valence-corrected chi connectivity index (χ2v) is 8.23. The van der Waals surface area contributed by atoms with E-state index in [0.29, 0.717) is 17.8 Å². The van der Waals surface area contributed by atoms with Gasteiger partial charge < -0.3 is 4.74 Å². The largest absolute Gasteiger partial charge is 0.466 e. The third-order valence-electron chi connectivity index (χ3n) is 7.13. The highest BCUT2D eigenvalue weighted by molar-refractivity contribution is 6.11. The maximum atomic E-state index is 12.2. The maximum Gasteiger partial charge on any atom is 0.333 e. The highest BCUT2D eigenvalue weighted by atomic mass is 16.5. The molecule has 0 spiro atoms. The van der Waals surface area contributed by atoms with Crippen molar-refractivity contribution < 1.29 is 9.53 Å². The molecule has 6 nitrogen and oxygen atoms in total. The van der Waals surface area contributed by atoms with Gasteiger partial charge in [0, 0.05) is 35.7 Å². The van der Waals surface area contributed by atoms with Crippen LogP contribution in [0.3, 0.4) is 0 Å². The molecular formula is C23H20N4O2. The molecule has 0 saturated heterocycles. The van der Waals surface area contributed by atoms with Crippen LogP contribution in [0.5, 0.6) is 0 Å². The van der Waals surface area contributed by atoms with Gasteiger partial charge in [0.15, 0.2) is 0 Å². The first-order chi connectivity index (χ1) is 14.3. The minimum Gasteiger partial charge on any atom is -0.466 e. The molecule has 0 unspecified atom stereocenters. The summed E-state index contributed by atoms with van der Waals surface area (Å²) in [7, 11) is 1.46. The van der Waals surface area contributed by atoms with E-state index >= 15 is 0 Å². The predicted molar refractivity (Wildman–Crippen MR) is 107 cm³/mol. The van der Waals surface area contributed by atoms with Crippen molar-refractivity contribution in [1.82, 2.24) is 9.97 Å². The molecule has 3 heterocycles. The topological polar surface area (TPSA) is 76.8 Å². The highest BCUT2D eigenvalue weighted by Crippen LogP contribution is 2.66. The Morgan fingerprint density at radius 3 is 2.07 bits per heavy atom. The number of pyridine rings is 2. The van der Waals surface area contributed by atoms with E-state index in [9.17, 15) is 4.79 Å². The number of allylic oxidation sites excluding steroid dienone is 1. The van der Waals surface area contributed by atoms with E-state index < -0.39 is 0 Å². The Kier molecular flexibility index (Phi) is 3.57. The van der Waals surface area contributed by atoms with E-state index in [1.807, 2.05) is 36.4 Å². The number of hydrogen-bond donors (Lipinski definition) is 0. The molecule has 2 aromatic rings. The molecule has 6 heteroatoms. The Morgan fingerprint density at radius 1 is 0.897 bits per heavy atom. The van der Waals surface area contributed by atoms with E-state index in [2.05, 4.69) is 26.2 Å². The molecule has 0 aromatic carbocycles. The Hall–Kier alpha value is -3.15. The van der Waals surface area contributed by atoms with Crippen LogP contribution in [0, 0.1) is 35.5 Å². The number of ether oxygens (including phenoxy) is 1. The zero-order valence-electron chi connectivity index (χ0n) is 16.0. The van der Waals surface area contributed by atoms with Gasteiger partial charge >= 0.3 is 5.97 Å². The number of fused-ring (bicyclic) bond motifs is 8. The first-order valence-corrected chi connectivity index (χ1v) is 10.1. The van der Waals surface area contributed by atoms with Crippen molar-refractivity contribution in [1.29, 1.82) is 0 Å². The fourth-order valence-electron chi connectivity index (χ4n) is 6.10. The molecule has 0 N–H and O–H groups in total. The van der Waals surface area contributed by atoms with Crippen LogP contribution < -0.4 is 0 Å². The molecule has 3 aliphatic carbocycles. The lowest BCUT2D eigenvalue weighted by Gasteiger charge is -2.46. The molecule has 2 bridgehead atoms. The molecular weight excluding hydrogens is 364 g/mol. The van der Waals surface area contributed by atoms with Crippen molar-refractivity contribution in [3.63, 3.8) is 0 Å². The molecule has 144 valence electrons. The van der Waals surface area contributed by atoms with Gasteiger partial charge in [-0.1, -0.05) is 18.2 Å². The summed E-state index contributed by atoms with van der Waals surface area (Å²) in [5.74, 6) is 1.71. The average Bonchev–Trinajstić information content (AvgIpc) is 3.26. The summed E-state index contributed by atoms with van der Waals surface area (Å²) in [6, 6.07) is 11.8. The van der Waals surface area contributed by atoms with Gasteiger partial charge in [0.05, 0.1) is 29.9 Å². The van der Waals surface area contributed by atoms with Gasteiger partial charge in [-0.05, 0) is 48.4 Å². The SMILES string of the molecule is COC(=O)C1=C[C@H]2[C@H]3C[C@@H]([C@@H]12)[C@@H]1C(c2ccccn2)=NN=C(c2ccccn2)[C@H]31. The van der Waals surface area contributed by atoms with Gasteiger partial charge in [0.25, 0.3) is 0 Å². The molecule has 6 rings (SSSR count). The van der Waals surface area contributed by atoms with Crippen LogP contribution in [0.4, 0.5) is 0 Å². The van der Waals surface area contributed by atoms with Crippen LogP contribution in [-0.4, -0.2) is 34.5 Å². The molecule has 1 aliphatic heterocycles. The van der Waals surface area contributed by atoms with Gasteiger partial charge in [0.2, 0.25) is 0 Å². The zero-order chi connectivity index (χ0) is 19.5. The summed E-state index contributed by atoms with van der Waals surface area (Å²) in [5.41, 5.74) is 4.52. The number of aromatic nitrogens is 2. The van der Waals surface area contributed by atoms with E-state index in [0.717, 1.165) is 34.8 Å². The minimum absolute atomic E-state index is 0.193. The van der Waals surface area contributed by atoms with E-state index in [1.165, 1.54) is 7.11 Å². The van der Waals surface area contributed by atoms with Crippen LogP contribution in [0.15, 0.2) is 70.6 Å². The minimum atomic E-state index is -0.193. The molecule has 0 amide bonds. The maximum absolute atomic E-state index is 12.2. The van der Waals surface area contributed by atoms with Crippen LogP contribution in [0.1, 0.15) is 17.8 Å². The summed E-state index contributed by atoms with van der Waals surface area (Å²) in [4.78, 5) is 21.4. The predicted octanol–water partition coefficient (Wildman–Crippen LogP) is 2.91. The van der Waals surface area contributed by atoms with Gasteiger partial charge in [0.1, 0.15) is 0 Å². The first kappa shape index (κ1) is 16.8. The molecule has 4 aliphatic rings. The summed E-state index contributed by atoms with van der Waals surface area (Å²) in [5, 5.41) is 9.32. The Balaban J connectivity index is 1.47. The van der Waals surface area contributed by atoms with E-state index in [4.69, 9.17) is 4.74 Å². The first-order valence-electron chi connectivity index (χ1n) is 10.1. The lowest BCUT2D eigenvalue weighted by Crippen LogP contribution is -2.48. The fraction of sp³-hybridized carbons (Fsp3) is 0.348. The van der Waals surface area contributed by atoms with Crippen LogP contribution >= 0.6 is 0 Å². The number of rotatable bonds is 3. The smallest absolute Gasteiger partial charge is 0.333 e. The van der Waals surface area contributed by atoms with Crippen molar-refractivity contribution in [2.24, 2.45) is 45.7 Å². The quantitative estimate of drug-likeness (QED) is 0.763. The molecule has 2 fully saturated rings. The Labute approximate surface area is 168 Å². The highest BCUT2D eigenvalue weighted by Gasteiger charge is 2.65. The standard InChI is InChI=1S/C23H20N4O2/c1-29-23(28)15-11-12-13-10-14(18(12)15)20-19(13)21(16-6-2-4-8-24-16)26-27-22(20)17-7-3-5-9-25-17/h2-9,11-14,18-20H,10H2,1H3/t12-,13+,14-,18-,19+,20-/m0/s1. The zero-order valence-corrected chi connectivity index (χ0v) is 16.0. The second kappa shape index (κ2) is 6.17. The van der Waals surface area contributed by atoms with Crippen molar-refractivity contribution in [2.75, 3.05) is 7.11 Å². The average molecular weight is 384 g/mol. The third-order valence-corrected chi connectivity index (χ3v) is 7.13. The normalized spacial score (nSPS) is 33.6. The summed E-state index contributed by atoms with van der Waals surface area (Å²) < 4.78 is 5.02. The van der Waals surface area contributed by atoms with Gasteiger partial charge in [-0.2, -0.15) is 10.2 Å². The second-order valence-electron chi connectivity index (χ2n) is 8.23. The lowest BCUT2D eigenvalue weighted by molar-refractivity contribution is -0.138. The number of carbonyl (C=O) groups excluding carboxylic acids is 1. The van der Waals surface area contributed by atoms with E-state index in [-0.39, 0.29) is 23.7 Å². The van der Waals surface area contributed by atoms with Crippen molar-refractivity contribution in [3.8, 4) is 0 Å². The van der Waals surface area contributed by atoms with Crippen LogP contribution in [0.25, 0.3) is 0 Å². The van der Waals surface area contributed by atoms with Crippen LogP contribution in [0.2, 0.25) is 0 Å². The van der Waals surface area contributed by atoms with Crippen molar-refractivity contribution in [3.05, 3.63) is 71.8 Å². The molecule has 6 atom stereocenters. The third kappa shape index (κ3) is 2.26. The molecule has 29 heavy (non-hydrogen) atoms. The van der Waals surface area contributed by atoms with Gasteiger partial charge in [-0.3, -0.25) is 9.97 Å².